The molecule has 2 atom stereocenters. The fraction of sp³-hybridized carbons (Fsp3) is 0.583. The van der Waals surface area contributed by atoms with Crippen LogP contribution >= 0.6 is 23.4 Å². The van der Waals surface area contributed by atoms with Crippen LogP contribution in [0.15, 0.2) is 5.03 Å². The molecule has 2 unspecified atom stereocenters. The number of hydrogen-bond donors (Lipinski definition) is 1. The van der Waals surface area contributed by atoms with Crippen LogP contribution in [-0.4, -0.2) is 46.2 Å². The van der Waals surface area contributed by atoms with Crippen molar-refractivity contribution in [3.05, 3.63) is 10.7 Å². The Kier molecular flexibility index (Phi) is 3.30. The number of anilines is 1. The van der Waals surface area contributed by atoms with E-state index < -0.39 is 0 Å². The molecule has 1 aromatic rings. The summed E-state index contributed by atoms with van der Waals surface area (Å²) in [6.07, 6.45) is 0.937. The second kappa shape index (κ2) is 4.83. The average Bonchev–Trinajstić information content (AvgIpc) is 2.75. The third-order valence-corrected chi connectivity index (χ3v) is 5.33. The van der Waals surface area contributed by atoms with Gasteiger partial charge in [-0.25, -0.2) is 9.97 Å². The molecule has 1 fully saturated rings. The third kappa shape index (κ3) is 2.17. The van der Waals surface area contributed by atoms with E-state index in [0.29, 0.717) is 22.3 Å². The predicted octanol–water partition coefficient (Wildman–Crippen LogP) is 1.98. The second-order valence-electron chi connectivity index (χ2n) is 4.82. The Balaban J connectivity index is 1.91. The molecule has 2 aliphatic heterocycles. The molecule has 1 N–H and O–H groups in total. The van der Waals surface area contributed by atoms with Gasteiger partial charge in [0, 0.05) is 43.8 Å². The molecule has 2 aliphatic rings. The van der Waals surface area contributed by atoms with E-state index in [2.05, 4.69) is 15.3 Å². The van der Waals surface area contributed by atoms with E-state index in [4.69, 9.17) is 11.6 Å². The standard InChI is InChI=1S/C12H15ClN4OS/c1-6(18)17-4-3-7-8(5-17)19-11-9(7)10(13)15-12(14-2)16-11/h7-8H,3-5H2,1-2H3,(H,14,15,16). The number of nitrogens with one attached hydrogen (secondary N) is 1. The quantitative estimate of drug-likeness (QED) is 0.804. The van der Waals surface area contributed by atoms with E-state index in [1.807, 2.05) is 4.90 Å². The molecule has 0 aromatic carbocycles. The first-order valence-corrected chi connectivity index (χ1v) is 7.53. The molecule has 0 radical (unpaired) electrons. The molecule has 1 amide bonds. The number of fused-ring (bicyclic) bond motifs is 3. The van der Waals surface area contributed by atoms with Crippen LogP contribution in [0.1, 0.15) is 24.8 Å². The molecule has 1 aromatic heterocycles. The van der Waals surface area contributed by atoms with Gasteiger partial charge in [0.2, 0.25) is 11.9 Å². The van der Waals surface area contributed by atoms with Gasteiger partial charge in [0.1, 0.15) is 10.2 Å². The minimum Gasteiger partial charge on any atom is -0.357 e. The Morgan fingerprint density at radius 1 is 1.53 bits per heavy atom. The number of nitrogens with zero attached hydrogens (tertiary/aromatic N) is 3. The van der Waals surface area contributed by atoms with Crippen LogP contribution in [0, 0.1) is 0 Å². The maximum absolute atomic E-state index is 11.5. The molecule has 0 saturated carbocycles. The lowest BCUT2D eigenvalue weighted by atomic mass is 9.91. The minimum absolute atomic E-state index is 0.142. The maximum atomic E-state index is 11.5. The summed E-state index contributed by atoms with van der Waals surface area (Å²) in [7, 11) is 1.78. The van der Waals surface area contributed by atoms with E-state index in [-0.39, 0.29) is 5.91 Å². The highest BCUT2D eigenvalue weighted by Crippen LogP contribution is 2.50. The van der Waals surface area contributed by atoms with E-state index in [9.17, 15) is 4.79 Å². The largest absolute Gasteiger partial charge is 0.357 e. The zero-order chi connectivity index (χ0) is 13.6. The lowest BCUT2D eigenvalue weighted by molar-refractivity contribution is -0.129. The van der Waals surface area contributed by atoms with Gasteiger partial charge in [-0.05, 0) is 6.42 Å². The van der Waals surface area contributed by atoms with Gasteiger partial charge < -0.3 is 10.2 Å². The van der Waals surface area contributed by atoms with E-state index in [1.54, 1.807) is 25.7 Å². The van der Waals surface area contributed by atoms with Crippen LogP contribution in [0.3, 0.4) is 0 Å². The highest BCUT2D eigenvalue weighted by molar-refractivity contribution is 8.00. The normalized spacial score (nSPS) is 24.9. The number of thioether (sulfide) groups is 1. The van der Waals surface area contributed by atoms with Crippen LogP contribution in [0.25, 0.3) is 0 Å². The number of carbonyl (C=O) groups excluding carboxylic acids is 1. The second-order valence-corrected chi connectivity index (χ2v) is 6.41. The molecule has 0 bridgehead atoms. The molecule has 0 spiro atoms. The molecule has 7 heteroatoms. The van der Waals surface area contributed by atoms with Gasteiger partial charge in [0.15, 0.2) is 0 Å². The maximum Gasteiger partial charge on any atom is 0.224 e. The number of aromatic nitrogens is 2. The third-order valence-electron chi connectivity index (χ3n) is 3.73. The van der Waals surface area contributed by atoms with Gasteiger partial charge in [-0.3, -0.25) is 4.79 Å². The number of hydrogen-bond acceptors (Lipinski definition) is 5. The van der Waals surface area contributed by atoms with Crippen molar-refractivity contribution in [2.75, 3.05) is 25.5 Å². The SMILES string of the molecule is CNc1nc(Cl)c2c(n1)SC1CN(C(C)=O)CCC21. The van der Waals surface area contributed by atoms with Crippen LogP contribution in [0.4, 0.5) is 5.95 Å². The Hall–Kier alpha value is -1.01. The van der Waals surface area contributed by atoms with Crippen molar-refractivity contribution < 1.29 is 4.79 Å². The fourth-order valence-electron chi connectivity index (χ4n) is 2.73. The zero-order valence-electron chi connectivity index (χ0n) is 10.8. The smallest absolute Gasteiger partial charge is 0.224 e. The molecule has 5 nitrogen and oxygen atoms in total. The lowest BCUT2D eigenvalue weighted by Gasteiger charge is -2.33. The first-order valence-electron chi connectivity index (χ1n) is 6.27. The summed E-state index contributed by atoms with van der Waals surface area (Å²) in [6, 6.07) is 0. The highest BCUT2D eigenvalue weighted by atomic mass is 35.5. The summed E-state index contributed by atoms with van der Waals surface area (Å²) in [5.41, 5.74) is 1.07. The molecular weight excluding hydrogens is 284 g/mol. The molecule has 0 aliphatic carbocycles. The van der Waals surface area contributed by atoms with Crippen LogP contribution in [-0.2, 0) is 4.79 Å². The summed E-state index contributed by atoms with van der Waals surface area (Å²) in [4.78, 5) is 22.1. The number of piperidine rings is 1. The molecule has 3 heterocycles. The fourth-order valence-corrected chi connectivity index (χ4v) is 4.59. The number of carbonyl (C=O) groups is 1. The van der Waals surface area contributed by atoms with E-state index in [0.717, 1.165) is 30.1 Å². The van der Waals surface area contributed by atoms with Crippen molar-refractivity contribution in [3.8, 4) is 0 Å². The van der Waals surface area contributed by atoms with Gasteiger partial charge in [-0.2, -0.15) is 0 Å². The average molecular weight is 299 g/mol. The summed E-state index contributed by atoms with van der Waals surface area (Å²) in [6.45, 7) is 3.19. The zero-order valence-corrected chi connectivity index (χ0v) is 12.4. The minimum atomic E-state index is 0.142. The summed E-state index contributed by atoms with van der Waals surface area (Å²) in [5, 5.41) is 4.78. The summed E-state index contributed by atoms with van der Waals surface area (Å²) < 4.78 is 0. The lowest BCUT2D eigenvalue weighted by Crippen LogP contribution is -2.42. The van der Waals surface area contributed by atoms with E-state index in [1.165, 1.54) is 0 Å². The molecule has 19 heavy (non-hydrogen) atoms. The highest BCUT2D eigenvalue weighted by Gasteiger charge is 2.41. The number of halogens is 1. The van der Waals surface area contributed by atoms with Crippen molar-refractivity contribution in [1.29, 1.82) is 0 Å². The Bertz CT molecular complexity index is 539. The molecular formula is C12H15ClN4OS. The summed E-state index contributed by atoms with van der Waals surface area (Å²) >= 11 is 8.00. The number of amides is 1. The first-order chi connectivity index (χ1) is 9.10. The summed E-state index contributed by atoms with van der Waals surface area (Å²) in [5.74, 6) is 1.07. The first kappa shape index (κ1) is 13.0. The Morgan fingerprint density at radius 2 is 2.32 bits per heavy atom. The van der Waals surface area contributed by atoms with Crippen LogP contribution < -0.4 is 5.32 Å². The van der Waals surface area contributed by atoms with Crippen molar-refractivity contribution in [2.45, 2.75) is 29.5 Å². The monoisotopic (exact) mass is 298 g/mol. The van der Waals surface area contributed by atoms with Crippen molar-refractivity contribution in [1.82, 2.24) is 14.9 Å². The van der Waals surface area contributed by atoms with Gasteiger partial charge >= 0.3 is 0 Å². The number of likely N-dealkylation sites (tertiary alicyclic amines) is 1. The number of rotatable bonds is 1. The van der Waals surface area contributed by atoms with Crippen molar-refractivity contribution >= 4 is 35.2 Å². The van der Waals surface area contributed by atoms with Crippen LogP contribution in [0.5, 0.6) is 0 Å². The predicted molar refractivity (Wildman–Crippen MR) is 75.8 cm³/mol. The van der Waals surface area contributed by atoms with Crippen molar-refractivity contribution in [2.24, 2.45) is 0 Å². The van der Waals surface area contributed by atoms with Crippen molar-refractivity contribution in [3.63, 3.8) is 0 Å². The topological polar surface area (TPSA) is 58.1 Å². The molecule has 1 saturated heterocycles. The Labute approximate surface area is 121 Å². The molecule has 102 valence electrons. The van der Waals surface area contributed by atoms with Gasteiger partial charge in [-0.1, -0.05) is 11.6 Å². The Morgan fingerprint density at radius 3 is 3.00 bits per heavy atom. The molecule has 3 rings (SSSR count). The van der Waals surface area contributed by atoms with Gasteiger partial charge in [-0.15, -0.1) is 11.8 Å². The van der Waals surface area contributed by atoms with Gasteiger partial charge in [0.25, 0.3) is 0 Å². The van der Waals surface area contributed by atoms with Crippen LogP contribution in [0.2, 0.25) is 5.15 Å². The van der Waals surface area contributed by atoms with E-state index >= 15 is 0 Å². The van der Waals surface area contributed by atoms with Gasteiger partial charge in [0.05, 0.1) is 0 Å².